The summed E-state index contributed by atoms with van der Waals surface area (Å²) in [6.07, 6.45) is 0. The zero-order valence-corrected chi connectivity index (χ0v) is 12.0. The summed E-state index contributed by atoms with van der Waals surface area (Å²) in [6, 6.07) is 10.4. The topological polar surface area (TPSA) is 17.1 Å². The standard InChI is InChI=1S/C16H14F2OS/c1-10-3-5-12(6-4-10)16(19)11(2)20-15-9-13(17)7-8-14(15)18/h3-9,11H,1-2H3. The Morgan fingerprint density at radius 1 is 1.10 bits per heavy atom. The van der Waals surface area contributed by atoms with E-state index in [0.29, 0.717) is 5.56 Å². The van der Waals surface area contributed by atoms with Crippen molar-refractivity contribution in [3.05, 3.63) is 65.2 Å². The molecule has 0 spiro atoms. The SMILES string of the molecule is Cc1ccc(C(=O)C(C)Sc2cc(F)ccc2F)cc1. The number of aryl methyl sites for hydroxylation is 1. The Morgan fingerprint density at radius 3 is 2.40 bits per heavy atom. The number of hydrogen-bond donors (Lipinski definition) is 0. The molecule has 20 heavy (non-hydrogen) atoms. The molecule has 0 saturated heterocycles. The quantitative estimate of drug-likeness (QED) is 0.603. The van der Waals surface area contributed by atoms with Gasteiger partial charge in [-0.2, -0.15) is 0 Å². The lowest BCUT2D eigenvalue weighted by atomic mass is 10.1. The molecule has 0 fully saturated rings. The van der Waals surface area contributed by atoms with Crippen molar-refractivity contribution in [2.45, 2.75) is 24.0 Å². The Bertz CT molecular complexity index is 623. The van der Waals surface area contributed by atoms with Gasteiger partial charge in [-0.25, -0.2) is 8.78 Å². The van der Waals surface area contributed by atoms with E-state index in [1.165, 1.54) is 0 Å². The summed E-state index contributed by atoms with van der Waals surface area (Å²) in [7, 11) is 0. The fraction of sp³-hybridized carbons (Fsp3) is 0.188. The van der Waals surface area contributed by atoms with Crippen LogP contribution in [0.5, 0.6) is 0 Å². The molecule has 2 aromatic carbocycles. The van der Waals surface area contributed by atoms with Crippen molar-refractivity contribution < 1.29 is 13.6 Å². The van der Waals surface area contributed by atoms with Gasteiger partial charge in [0.15, 0.2) is 5.78 Å². The molecule has 0 aliphatic heterocycles. The molecule has 0 N–H and O–H groups in total. The van der Waals surface area contributed by atoms with E-state index in [1.54, 1.807) is 19.1 Å². The molecule has 0 saturated carbocycles. The summed E-state index contributed by atoms with van der Waals surface area (Å²) in [6.45, 7) is 3.63. The van der Waals surface area contributed by atoms with Gasteiger partial charge in [0.2, 0.25) is 0 Å². The summed E-state index contributed by atoms with van der Waals surface area (Å²) < 4.78 is 26.7. The monoisotopic (exact) mass is 292 g/mol. The maximum Gasteiger partial charge on any atom is 0.175 e. The van der Waals surface area contributed by atoms with Crippen LogP contribution < -0.4 is 0 Å². The van der Waals surface area contributed by atoms with E-state index in [4.69, 9.17) is 0 Å². The highest BCUT2D eigenvalue weighted by molar-refractivity contribution is 8.00. The van der Waals surface area contributed by atoms with Gasteiger partial charge in [0.1, 0.15) is 11.6 Å². The number of Topliss-reactive ketones (excluding diaryl/α,β-unsaturated/α-hetero) is 1. The molecule has 104 valence electrons. The zero-order valence-electron chi connectivity index (χ0n) is 11.2. The molecule has 1 unspecified atom stereocenters. The normalized spacial score (nSPS) is 12.2. The minimum absolute atomic E-state index is 0.0985. The molecule has 0 amide bonds. The van der Waals surface area contributed by atoms with Gasteiger partial charge in [-0.15, -0.1) is 11.8 Å². The maximum absolute atomic E-state index is 13.5. The summed E-state index contributed by atoms with van der Waals surface area (Å²) in [4.78, 5) is 12.4. The van der Waals surface area contributed by atoms with Crippen LogP contribution in [0.25, 0.3) is 0 Å². The van der Waals surface area contributed by atoms with Crippen LogP contribution in [0.15, 0.2) is 47.4 Å². The van der Waals surface area contributed by atoms with Gasteiger partial charge < -0.3 is 0 Å². The number of benzene rings is 2. The van der Waals surface area contributed by atoms with Crippen LogP contribution in [-0.4, -0.2) is 11.0 Å². The lowest BCUT2D eigenvalue weighted by molar-refractivity contribution is 0.0994. The van der Waals surface area contributed by atoms with Crippen molar-refractivity contribution in [3.63, 3.8) is 0 Å². The number of ketones is 1. The number of thioether (sulfide) groups is 1. The highest BCUT2D eigenvalue weighted by atomic mass is 32.2. The second-order valence-electron chi connectivity index (χ2n) is 4.57. The smallest absolute Gasteiger partial charge is 0.175 e. The van der Waals surface area contributed by atoms with Crippen LogP contribution in [0.2, 0.25) is 0 Å². The zero-order chi connectivity index (χ0) is 14.7. The largest absolute Gasteiger partial charge is 0.293 e. The third kappa shape index (κ3) is 3.45. The number of halogens is 2. The maximum atomic E-state index is 13.5. The Kier molecular flexibility index (Phi) is 4.55. The predicted molar refractivity (Wildman–Crippen MR) is 77.2 cm³/mol. The molecule has 2 rings (SSSR count). The molecule has 0 heterocycles. The number of rotatable bonds is 4. The number of carbonyl (C=O) groups is 1. The van der Waals surface area contributed by atoms with Crippen molar-refractivity contribution in [1.82, 2.24) is 0 Å². The summed E-state index contributed by atoms with van der Waals surface area (Å²) in [5.74, 6) is -1.12. The van der Waals surface area contributed by atoms with E-state index in [-0.39, 0.29) is 10.7 Å². The first-order valence-corrected chi connectivity index (χ1v) is 7.08. The number of carbonyl (C=O) groups excluding carboxylic acids is 1. The van der Waals surface area contributed by atoms with E-state index in [9.17, 15) is 13.6 Å². The summed E-state index contributed by atoms with van der Waals surface area (Å²) in [5.41, 5.74) is 1.64. The molecule has 0 aliphatic carbocycles. The van der Waals surface area contributed by atoms with Gasteiger partial charge in [-0.3, -0.25) is 4.79 Å². The van der Waals surface area contributed by atoms with Crippen molar-refractivity contribution >= 4 is 17.5 Å². The van der Waals surface area contributed by atoms with Gasteiger partial charge in [0.25, 0.3) is 0 Å². The van der Waals surface area contributed by atoms with E-state index in [2.05, 4.69) is 0 Å². The summed E-state index contributed by atoms with van der Waals surface area (Å²) >= 11 is 1.03. The first-order valence-electron chi connectivity index (χ1n) is 6.20. The highest BCUT2D eigenvalue weighted by Crippen LogP contribution is 2.28. The Balaban J connectivity index is 2.15. The first-order chi connectivity index (χ1) is 9.47. The third-order valence-corrected chi connectivity index (χ3v) is 4.04. The van der Waals surface area contributed by atoms with Crippen molar-refractivity contribution in [2.75, 3.05) is 0 Å². The van der Waals surface area contributed by atoms with Crippen molar-refractivity contribution in [3.8, 4) is 0 Å². The highest BCUT2D eigenvalue weighted by Gasteiger charge is 2.18. The minimum Gasteiger partial charge on any atom is -0.293 e. The molecular formula is C16H14F2OS. The molecule has 4 heteroatoms. The molecule has 1 nitrogen and oxygen atoms in total. The fourth-order valence-corrected chi connectivity index (χ4v) is 2.75. The molecule has 1 atom stereocenters. The van der Waals surface area contributed by atoms with E-state index in [0.717, 1.165) is 35.5 Å². The van der Waals surface area contributed by atoms with Crippen LogP contribution in [0.3, 0.4) is 0 Å². The van der Waals surface area contributed by atoms with Crippen LogP contribution in [-0.2, 0) is 0 Å². The second kappa shape index (κ2) is 6.18. The number of hydrogen-bond acceptors (Lipinski definition) is 2. The molecule has 0 aromatic heterocycles. The van der Waals surface area contributed by atoms with E-state index >= 15 is 0 Å². The lowest BCUT2D eigenvalue weighted by Gasteiger charge is -2.11. The van der Waals surface area contributed by atoms with Crippen LogP contribution in [0.4, 0.5) is 8.78 Å². The summed E-state index contributed by atoms with van der Waals surface area (Å²) in [5, 5.41) is -0.478. The van der Waals surface area contributed by atoms with Crippen LogP contribution in [0.1, 0.15) is 22.8 Å². The Hall–Kier alpha value is -1.68. The lowest BCUT2D eigenvalue weighted by Crippen LogP contribution is -2.13. The molecule has 0 bridgehead atoms. The van der Waals surface area contributed by atoms with Crippen molar-refractivity contribution in [1.29, 1.82) is 0 Å². The van der Waals surface area contributed by atoms with E-state index in [1.807, 2.05) is 19.1 Å². The van der Waals surface area contributed by atoms with Gasteiger partial charge >= 0.3 is 0 Å². The fourth-order valence-electron chi connectivity index (χ4n) is 1.76. The van der Waals surface area contributed by atoms with Gasteiger partial charge in [-0.1, -0.05) is 29.8 Å². The molecule has 0 radical (unpaired) electrons. The Labute approximate surface area is 121 Å². The third-order valence-electron chi connectivity index (χ3n) is 2.90. The Morgan fingerprint density at radius 2 is 1.75 bits per heavy atom. The second-order valence-corrected chi connectivity index (χ2v) is 5.95. The van der Waals surface area contributed by atoms with E-state index < -0.39 is 16.9 Å². The van der Waals surface area contributed by atoms with Crippen LogP contribution >= 0.6 is 11.8 Å². The van der Waals surface area contributed by atoms with Gasteiger partial charge in [-0.05, 0) is 32.0 Å². The van der Waals surface area contributed by atoms with Gasteiger partial charge in [0.05, 0.1) is 5.25 Å². The molecule has 2 aromatic rings. The minimum atomic E-state index is -0.514. The average molecular weight is 292 g/mol. The van der Waals surface area contributed by atoms with Gasteiger partial charge in [0, 0.05) is 10.5 Å². The average Bonchev–Trinajstić information content (AvgIpc) is 2.43. The molecule has 0 aliphatic rings. The van der Waals surface area contributed by atoms with Crippen molar-refractivity contribution in [2.24, 2.45) is 0 Å². The predicted octanol–water partition coefficient (Wildman–Crippen LogP) is 4.64. The first kappa shape index (κ1) is 14.7. The van der Waals surface area contributed by atoms with Crippen LogP contribution in [0, 0.1) is 18.6 Å². The molecular weight excluding hydrogens is 278 g/mol.